The average molecular weight is 258 g/mol. The van der Waals surface area contributed by atoms with Crippen LogP contribution in [0.3, 0.4) is 0 Å². The first-order chi connectivity index (χ1) is 1.41. The van der Waals surface area contributed by atoms with Crippen LogP contribution < -0.4 is 51.4 Å². The van der Waals surface area contributed by atoms with Crippen molar-refractivity contribution in [1.29, 1.82) is 0 Å². The van der Waals surface area contributed by atoms with Crippen LogP contribution in [0.2, 0.25) is 0 Å². The second kappa shape index (κ2) is 37.1. The monoisotopic (exact) mass is 258 g/mol. The van der Waals surface area contributed by atoms with E-state index in [-0.39, 0.29) is 73.7 Å². The normalized spacial score (nSPS) is 2.57. The van der Waals surface area contributed by atoms with Crippen molar-refractivity contribution in [2.24, 2.45) is 0 Å². The fraction of sp³-hybridized carbons (Fsp3) is 0.750. The van der Waals surface area contributed by atoms with Crippen LogP contribution in [-0.4, -0.2) is 4.17 Å². The minimum absolute atomic E-state index is 0. The van der Waals surface area contributed by atoms with Gasteiger partial charge in [-0.2, -0.15) is 22.6 Å². The van der Waals surface area contributed by atoms with Crippen LogP contribution in [0.5, 0.6) is 0 Å². The first-order valence-corrected chi connectivity index (χ1v) is 2.74. The first-order valence-electron chi connectivity index (χ1n) is 0.583. The molecule has 0 atom stereocenters. The number of alkyl halides is 1. The fourth-order valence-electron chi connectivity index (χ4n) is 0. The van der Waals surface area contributed by atoms with Crippen molar-refractivity contribution in [1.82, 2.24) is 0 Å². The molecule has 0 amide bonds. The zero-order chi connectivity index (χ0) is 2.71. The van der Waals surface area contributed by atoms with E-state index in [4.69, 9.17) is 0 Å². The van der Waals surface area contributed by atoms with E-state index in [1.165, 1.54) is 0 Å². The molecular weight excluding hydrogens is 245 g/mol. The zero-order valence-electron chi connectivity index (χ0n) is 3.53. The third kappa shape index (κ3) is 52.0. The van der Waals surface area contributed by atoms with Crippen molar-refractivity contribution in [3.8, 4) is 0 Å². The molecule has 0 N–H and O–H groups in total. The van der Waals surface area contributed by atoms with Gasteiger partial charge in [0.05, 0.1) is 0 Å². The maximum Gasteiger partial charge on any atom is 1.00 e. The molecule has 0 spiro atoms. The van der Waals surface area contributed by atoms with Crippen molar-refractivity contribution < 1.29 is 51.4 Å². The van der Waals surface area contributed by atoms with Gasteiger partial charge < -0.3 is 20.8 Å². The number of hydrogen-bond donors (Lipinski definition) is 0. The van der Waals surface area contributed by atoms with Crippen molar-refractivity contribution in [2.45, 2.75) is 14.9 Å². The quantitative estimate of drug-likeness (QED) is 0.195. The molecule has 0 bridgehead atoms. The summed E-state index contributed by atoms with van der Waals surface area (Å²) < 4.78 is 0.914. The summed E-state index contributed by atoms with van der Waals surface area (Å²) in [5.41, 5.74) is 0. The van der Waals surface area contributed by atoms with Crippen molar-refractivity contribution >= 4 is 31.8 Å². The van der Waals surface area contributed by atoms with Gasteiger partial charge in [-0.15, -0.1) is 0 Å². The maximum absolute atomic E-state index is 3.78. The average Bonchev–Trinajstić information content (AvgIpc) is 0.918. The summed E-state index contributed by atoms with van der Waals surface area (Å²) >= 11 is 2.15. The molecule has 0 aromatic carbocycles. The number of halogens is 1. The van der Waals surface area contributed by atoms with Crippen LogP contribution >= 0.6 is 31.8 Å². The molecule has 0 aliphatic rings. The number of rotatable bonds is 0. The predicted octanol–water partition coefficient (Wildman–Crippen LogP) is 0.516. The summed E-state index contributed by atoms with van der Waals surface area (Å²) in [6.45, 7) is 0. The van der Waals surface area contributed by atoms with Crippen LogP contribution in [-0.2, 0) is 0 Å². The van der Waals surface area contributed by atoms with Gasteiger partial charge in [0, 0.05) is 0 Å². The van der Waals surface area contributed by atoms with Crippen LogP contribution in [0.1, 0.15) is 14.9 Å². The predicted molar refractivity (Wildman–Crippen MR) is 45.7 cm³/mol. The van der Waals surface area contributed by atoms with E-state index in [0.29, 0.717) is 0 Å². The van der Waals surface area contributed by atoms with Crippen molar-refractivity contribution in [3.05, 3.63) is 7.43 Å². The molecule has 0 unspecified atom stereocenters. The van der Waals surface area contributed by atoms with Crippen LogP contribution in [0, 0.1) is 7.43 Å². The topological polar surface area (TPSA) is 0 Å². The SMILES string of the molecule is C.C.[CH3-].[K+].[P-2]CI. The molecular formula is C4H13IKP-2. The van der Waals surface area contributed by atoms with Gasteiger partial charge in [0.1, 0.15) is 0 Å². The van der Waals surface area contributed by atoms with Gasteiger partial charge >= 0.3 is 51.4 Å². The largest absolute Gasteiger partial charge is 1.48 e. The minimum atomic E-state index is 0. The molecule has 44 valence electrons. The van der Waals surface area contributed by atoms with E-state index >= 15 is 0 Å². The first kappa shape index (κ1) is 32.9. The summed E-state index contributed by atoms with van der Waals surface area (Å²) in [7, 11) is 3.78. The molecule has 0 saturated carbocycles. The van der Waals surface area contributed by atoms with Gasteiger partial charge in [-0.3, -0.25) is 0 Å². The van der Waals surface area contributed by atoms with E-state index in [1.807, 2.05) is 0 Å². The Kier molecular flexibility index (Phi) is 175. The molecule has 0 aliphatic carbocycles. The van der Waals surface area contributed by atoms with E-state index in [2.05, 4.69) is 31.8 Å². The van der Waals surface area contributed by atoms with Crippen LogP contribution in [0.4, 0.5) is 0 Å². The Morgan fingerprint density at radius 1 is 1.29 bits per heavy atom. The summed E-state index contributed by atoms with van der Waals surface area (Å²) in [4.78, 5) is 0. The van der Waals surface area contributed by atoms with Gasteiger partial charge in [-0.25, -0.2) is 0 Å². The zero-order valence-corrected chi connectivity index (χ0v) is 9.71. The van der Waals surface area contributed by atoms with Gasteiger partial charge in [0.25, 0.3) is 0 Å². The Morgan fingerprint density at radius 3 is 1.29 bits per heavy atom. The summed E-state index contributed by atoms with van der Waals surface area (Å²) in [6.07, 6.45) is 0. The van der Waals surface area contributed by atoms with Crippen LogP contribution in [0.15, 0.2) is 0 Å². The molecule has 0 saturated heterocycles. The van der Waals surface area contributed by atoms with Gasteiger partial charge in [0.15, 0.2) is 0 Å². The van der Waals surface area contributed by atoms with Gasteiger partial charge in [-0.05, 0) is 0 Å². The van der Waals surface area contributed by atoms with E-state index in [0.717, 1.165) is 4.17 Å². The molecule has 0 heterocycles. The minimum Gasteiger partial charge on any atom is -1.48 e. The summed E-state index contributed by atoms with van der Waals surface area (Å²) in [5.74, 6) is 0. The van der Waals surface area contributed by atoms with E-state index in [9.17, 15) is 0 Å². The maximum atomic E-state index is 3.78. The van der Waals surface area contributed by atoms with Gasteiger partial charge in [0.2, 0.25) is 0 Å². The molecule has 0 aromatic heterocycles. The number of hydrogen-bond acceptors (Lipinski definition) is 0. The van der Waals surface area contributed by atoms with E-state index < -0.39 is 0 Å². The smallest absolute Gasteiger partial charge is 1.00 e. The molecule has 0 rings (SSSR count). The second-order valence-corrected chi connectivity index (χ2v) is 2.41. The molecule has 0 fully saturated rings. The Morgan fingerprint density at radius 2 is 1.29 bits per heavy atom. The Labute approximate surface area is 107 Å². The Balaban J connectivity index is -0.00000000333. The van der Waals surface area contributed by atoms with Crippen molar-refractivity contribution in [3.63, 3.8) is 0 Å². The summed E-state index contributed by atoms with van der Waals surface area (Å²) in [6, 6.07) is 0. The molecule has 3 heteroatoms. The van der Waals surface area contributed by atoms with Crippen molar-refractivity contribution in [2.75, 3.05) is 4.17 Å². The molecule has 0 aromatic rings. The molecule has 0 nitrogen and oxygen atoms in total. The Hall–Kier alpha value is 2.80. The van der Waals surface area contributed by atoms with Crippen LogP contribution in [0.25, 0.3) is 0 Å². The third-order valence-corrected chi connectivity index (χ3v) is 0. The molecule has 0 radical (unpaired) electrons. The summed E-state index contributed by atoms with van der Waals surface area (Å²) in [5, 5.41) is 0. The van der Waals surface area contributed by atoms with E-state index in [1.54, 1.807) is 0 Å². The Bertz CT molecular complexity index is 11.7. The molecule has 7 heavy (non-hydrogen) atoms. The molecule has 0 aliphatic heterocycles. The van der Waals surface area contributed by atoms with Gasteiger partial charge in [-0.1, -0.05) is 14.9 Å². The second-order valence-electron chi connectivity index (χ2n) is 0.120. The third-order valence-electron chi connectivity index (χ3n) is 0. The fourth-order valence-corrected chi connectivity index (χ4v) is 0. The standard InChI is InChI=1S/CH2IP.2CH4.CH3.K/c2-1-3;;;;/h1H2;2*1H4;1H3;/q-2;;;-1;+1.